The van der Waals surface area contributed by atoms with Crippen LogP contribution < -0.4 is 0 Å². The largest absolute Gasteiger partial charge is 0.394 e. The van der Waals surface area contributed by atoms with Crippen LogP contribution in [0.2, 0.25) is 0 Å². The first-order valence-electron chi connectivity index (χ1n) is 23.2. The van der Waals surface area contributed by atoms with Gasteiger partial charge in [0.15, 0.2) is 24.7 Å². The minimum absolute atomic E-state index is 0.0171. The lowest BCUT2D eigenvalue weighted by Gasteiger charge is -2.58. The van der Waals surface area contributed by atoms with Gasteiger partial charge in [-0.1, -0.05) is 39.3 Å². The van der Waals surface area contributed by atoms with E-state index in [2.05, 4.69) is 33.8 Å². The van der Waals surface area contributed by atoms with E-state index >= 15 is 0 Å². The molecule has 0 aromatic rings. The third-order valence-electron chi connectivity index (χ3n) is 17.6. The van der Waals surface area contributed by atoms with E-state index in [0.717, 1.165) is 45.1 Å². The molecule has 0 aromatic heterocycles. The number of fused-ring (bicyclic) bond motifs is 7. The predicted molar refractivity (Wildman–Crippen MR) is 213 cm³/mol. The molecule has 1 spiro atoms. The van der Waals surface area contributed by atoms with Crippen molar-refractivity contribution in [2.75, 3.05) is 13.2 Å². The predicted octanol–water partition coefficient (Wildman–Crippen LogP) is 1.24. The standard InChI is InChI=1S/C45H72O16/c1-19-9-14-45(54-18-19)20(2)30-28(61-45)16-27-25-8-7-23-15-24(10-12-43(23,5)26(25)11-13-44(27,30)6)57-42-39(60-41-36(52)34(50)32(48)22(4)56-41)37(53)38(29(17-46)58-42)59-40-35(51)33(49)31(47)21(3)55-40/h7,19-22,24-42,46-53H,8-18H2,1-6H3/t19-,20-,21-,22-,24-,25+,26-,27-,28-,29+,30?,31-,32-,33+,34+,35+,36+,37-,38+,39+,40-,41-,42+,43-,44-,45-/m0/s1. The Labute approximate surface area is 358 Å². The van der Waals surface area contributed by atoms with E-state index in [1.54, 1.807) is 0 Å². The van der Waals surface area contributed by atoms with Crippen LogP contribution >= 0.6 is 0 Å². The summed E-state index contributed by atoms with van der Waals surface area (Å²) in [4.78, 5) is 0. The molecule has 8 N–H and O–H groups in total. The van der Waals surface area contributed by atoms with Crippen LogP contribution in [0, 0.1) is 46.3 Å². The molecule has 4 aliphatic carbocycles. The number of allylic oxidation sites excluding steroid dienone is 1. The number of aliphatic hydroxyl groups excluding tert-OH is 8. The Bertz CT molecular complexity index is 1590. The summed E-state index contributed by atoms with van der Waals surface area (Å²) in [6.07, 6.45) is -10.4. The summed E-state index contributed by atoms with van der Waals surface area (Å²) in [6, 6.07) is 0. The molecular weight excluding hydrogens is 796 g/mol. The molecule has 5 heterocycles. The molecule has 0 bridgehead atoms. The van der Waals surface area contributed by atoms with Crippen molar-refractivity contribution in [1.82, 2.24) is 0 Å². The zero-order valence-electron chi connectivity index (χ0n) is 36.5. The van der Waals surface area contributed by atoms with Crippen LogP contribution in [0.3, 0.4) is 0 Å². The first kappa shape index (κ1) is 45.3. The van der Waals surface area contributed by atoms with Gasteiger partial charge >= 0.3 is 0 Å². The van der Waals surface area contributed by atoms with Gasteiger partial charge in [-0.3, -0.25) is 0 Å². The minimum atomic E-state index is -1.71. The minimum Gasteiger partial charge on any atom is -0.394 e. The first-order chi connectivity index (χ1) is 28.9. The summed E-state index contributed by atoms with van der Waals surface area (Å²) in [6.45, 7) is 12.7. The second-order valence-corrected chi connectivity index (χ2v) is 21.1. The summed E-state index contributed by atoms with van der Waals surface area (Å²) < 4.78 is 50.1. The van der Waals surface area contributed by atoms with E-state index in [0.29, 0.717) is 48.3 Å². The van der Waals surface area contributed by atoms with E-state index in [9.17, 15) is 40.9 Å². The van der Waals surface area contributed by atoms with Crippen LogP contribution in [0.4, 0.5) is 0 Å². The van der Waals surface area contributed by atoms with Gasteiger partial charge in [0.2, 0.25) is 0 Å². The lowest BCUT2D eigenvalue weighted by Crippen LogP contribution is -2.66. The monoisotopic (exact) mass is 868 g/mol. The highest BCUT2D eigenvalue weighted by Gasteiger charge is 2.69. The number of aliphatic hydroxyl groups is 8. The van der Waals surface area contributed by atoms with Crippen LogP contribution in [-0.4, -0.2) is 164 Å². The molecule has 26 atom stereocenters. The molecule has 16 heteroatoms. The van der Waals surface area contributed by atoms with E-state index < -0.39 is 105 Å². The van der Waals surface area contributed by atoms with Crippen molar-refractivity contribution in [2.45, 2.75) is 209 Å². The van der Waals surface area contributed by atoms with Gasteiger partial charge in [-0.2, -0.15) is 0 Å². The van der Waals surface area contributed by atoms with Gasteiger partial charge in [0.25, 0.3) is 0 Å². The average Bonchev–Trinajstić information content (AvgIpc) is 3.69. The maximum Gasteiger partial charge on any atom is 0.187 e. The highest BCUT2D eigenvalue weighted by atomic mass is 16.8. The molecule has 1 unspecified atom stereocenters. The molecule has 16 nitrogen and oxygen atoms in total. The van der Waals surface area contributed by atoms with Crippen LogP contribution in [0.1, 0.15) is 99.3 Å². The Morgan fingerprint density at radius 2 is 1.34 bits per heavy atom. The molecule has 9 rings (SSSR count). The van der Waals surface area contributed by atoms with Crippen molar-refractivity contribution in [2.24, 2.45) is 46.3 Å². The Morgan fingerprint density at radius 1 is 0.689 bits per heavy atom. The second kappa shape index (κ2) is 16.8. The lowest BCUT2D eigenvalue weighted by molar-refractivity contribution is -0.388. The molecule has 0 radical (unpaired) electrons. The smallest absolute Gasteiger partial charge is 0.187 e. The van der Waals surface area contributed by atoms with Crippen molar-refractivity contribution >= 4 is 0 Å². The van der Waals surface area contributed by atoms with Gasteiger partial charge < -0.3 is 78.7 Å². The highest BCUT2D eigenvalue weighted by molar-refractivity contribution is 5.26. The van der Waals surface area contributed by atoms with Gasteiger partial charge in [-0.15, -0.1) is 0 Å². The Hall–Kier alpha value is -0.900. The van der Waals surface area contributed by atoms with Crippen LogP contribution in [0.15, 0.2) is 11.6 Å². The lowest BCUT2D eigenvalue weighted by atomic mass is 9.47. The Balaban J connectivity index is 0.916. The number of rotatable bonds is 7. The molecule has 0 aromatic carbocycles. The third-order valence-corrected chi connectivity index (χ3v) is 17.6. The third kappa shape index (κ3) is 7.42. The van der Waals surface area contributed by atoms with Crippen LogP contribution in [-0.2, 0) is 37.9 Å². The van der Waals surface area contributed by atoms with Crippen molar-refractivity contribution in [3.05, 3.63) is 11.6 Å². The van der Waals surface area contributed by atoms with Crippen LogP contribution in [0.5, 0.6) is 0 Å². The zero-order chi connectivity index (χ0) is 43.5. The Kier molecular flexibility index (Phi) is 12.4. The quantitative estimate of drug-likeness (QED) is 0.168. The normalized spacial score (nSPS) is 58.4. The van der Waals surface area contributed by atoms with Crippen molar-refractivity contribution in [1.29, 1.82) is 0 Å². The molecule has 5 saturated heterocycles. The van der Waals surface area contributed by atoms with Gasteiger partial charge in [0, 0.05) is 12.3 Å². The summed E-state index contributed by atoms with van der Waals surface area (Å²) >= 11 is 0. The van der Waals surface area contributed by atoms with Gasteiger partial charge in [0.1, 0.15) is 61.0 Å². The highest BCUT2D eigenvalue weighted by Crippen LogP contribution is 2.70. The summed E-state index contributed by atoms with van der Waals surface area (Å²) in [5.74, 6) is 2.64. The fraction of sp³-hybridized carbons (Fsp3) is 0.956. The van der Waals surface area contributed by atoms with E-state index in [-0.39, 0.29) is 23.0 Å². The maximum atomic E-state index is 12.0. The summed E-state index contributed by atoms with van der Waals surface area (Å²) in [7, 11) is 0. The summed E-state index contributed by atoms with van der Waals surface area (Å²) in [5.41, 5.74) is 1.53. The molecule has 61 heavy (non-hydrogen) atoms. The fourth-order valence-electron chi connectivity index (χ4n) is 14.0. The number of hydrogen-bond donors (Lipinski definition) is 8. The van der Waals surface area contributed by atoms with Crippen molar-refractivity contribution < 1.29 is 78.7 Å². The molecule has 8 fully saturated rings. The molecule has 3 saturated carbocycles. The van der Waals surface area contributed by atoms with Crippen LogP contribution in [0.25, 0.3) is 0 Å². The van der Waals surface area contributed by atoms with Crippen molar-refractivity contribution in [3.8, 4) is 0 Å². The first-order valence-corrected chi connectivity index (χ1v) is 23.2. The van der Waals surface area contributed by atoms with E-state index in [1.807, 2.05) is 0 Å². The Morgan fingerprint density at radius 3 is 1.97 bits per heavy atom. The van der Waals surface area contributed by atoms with Crippen molar-refractivity contribution in [3.63, 3.8) is 0 Å². The number of hydrogen-bond acceptors (Lipinski definition) is 16. The molecule has 9 aliphatic rings. The molecule has 5 aliphatic heterocycles. The second-order valence-electron chi connectivity index (χ2n) is 21.1. The number of ether oxygens (including phenoxy) is 8. The summed E-state index contributed by atoms with van der Waals surface area (Å²) in [5, 5.41) is 85.9. The van der Waals surface area contributed by atoms with E-state index in [1.165, 1.54) is 25.8 Å². The fourth-order valence-corrected chi connectivity index (χ4v) is 14.0. The topological polar surface area (TPSA) is 236 Å². The maximum absolute atomic E-state index is 12.0. The van der Waals surface area contributed by atoms with Gasteiger partial charge in [-0.25, -0.2) is 0 Å². The molecule has 348 valence electrons. The molecule has 0 amide bonds. The van der Waals surface area contributed by atoms with Gasteiger partial charge in [0.05, 0.1) is 37.6 Å². The average molecular weight is 869 g/mol. The van der Waals surface area contributed by atoms with Gasteiger partial charge in [-0.05, 0) is 106 Å². The molecular formula is C45H72O16. The SMILES string of the molecule is C[C@H]1CC[C@]2(OC1)O[C@H]1C[C@H]3[C@@H]4CC=C5C[C@@H](O[C@@H]6O[C@H](CO)[C@@H](O[C@@H]7O[C@@H](C)[C@H](O)[C@@H](O)[C@H]7O)[C@H](O)[C@H]6O[C@@H]6O[C@@H](C)[C@H](O)[C@@H](O)[C@H]6O)CC[C@]5(C)[C@H]4CC[C@]3(C)C1[C@@H]2C. The zero-order valence-corrected chi connectivity index (χ0v) is 36.5. The van der Waals surface area contributed by atoms with E-state index in [4.69, 9.17) is 37.9 Å².